The quantitative estimate of drug-likeness (QED) is 0.273. The van der Waals surface area contributed by atoms with Gasteiger partial charge < -0.3 is 24.8 Å². The summed E-state index contributed by atoms with van der Waals surface area (Å²) in [6.45, 7) is 2.48. The molecule has 0 radical (unpaired) electrons. The third-order valence-corrected chi connectivity index (χ3v) is 5.78. The largest absolute Gasteiger partial charge is 0.394 e. The number of unbranched alkanes of at least 4 members (excludes halogenated alkanes) is 15. The molecule has 5 nitrogen and oxygen atoms in total. The van der Waals surface area contributed by atoms with Crippen molar-refractivity contribution in [2.24, 2.45) is 0 Å². The van der Waals surface area contributed by atoms with Gasteiger partial charge in [0.05, 0.1) is 6.61 Å². The Labute approximate surface area is 172 Å². The number of rotatable bonds is 19. The van der Waals surface area contributed by atoms with E-state index >= 15 is 0 Å². The van der Waals surface area contributed by atoms with E-state index in [1.807, 2.05) is 0 Å². The molecule has 0 amide bonds. The summed E-state index contributed by atoms with van der Waals surface area (Å²) in [4.78, 5) is 0. The number of hydrogen-bond acceptors (Lipinski definition) is 5. The number of hydrogen-bond donors (Lipinski definition) is 3. The first-order valence-electron chi connectivity index (χ1n) is 11.9. The van der Waals surface area contributed by atoms with Gasteiger partial charge in [-0.2, -0.15) is 0 Å². The molecule has 1 heterocycles. The van der Waals surface area contributed by atoms with E-state index in [0.717, 1.165) is 12.8 Å². The first-order valence-corrected chi connectivity index (χ1v) is 11.9. The molecule has 0 aromatic heterocycles. The summed E-state index contributed by atoms with van der Waals surface area (Å²) in [7, 11) is 0. The van der Waals surface area contributed by atoms with Crippen molar-refractivity contribution in [2.75, 3.05) is 13.2 Å². The van der Waals surface area contributed by atoms with Crippen molar-refractivity contribution in [3.63, 3.8) is 0 Å². The van der Waals surface area contributed by atoms with Crippen LogP contribution in [0, 0.1) is 0 Å². The van der Waals surface area contributed by atoms with E-state index in [1.54, 1.807) is 0 Å². The fourth-order valence-electron chi connectivity index (χ4n) is 3.85. The minimum absolute atomic E-state index is 0.308. The maximum Gasteiger partial charge on any atom is 0.186 e. The summed E-state index contributed by atoms with van der Waals surface area (Å²) >= 11 is 0. The molecular weight excluding hydrogens is 356 g/mol. The minimum Gasteiger partial charge on any atom is -0.394 e. The molecule has 1 fully saturated rings. The summed E-state index contributed by atoms with van der Waals surface area (Å²) < 4.78 is 10.8. The van der Waals surface area contributed by atoms with Crippen LogP contribution in [0.3, 0.4) is 0 Å². The lowest BCUT2D eigenvalue weighted by atomic mass is 10.0. The predicted molar refractivity (Wildman–Crippen MR) is 113 cm³/mol. The van der Waals surface area contributed by atoms with Crippen molar-refractivity contribution < 1.29 is 24.8 Å². The molecule has 1 rings (SSSR count). The maximum absolute atomic E-state index is 9.78. The zero-order chi connectivity index (χ0) is 20.5. The molecule has 1 aliphatic rings. The predicted octanol–water partition coefficient (Wildman–Crippen LogP) is 4.70. The summed E-state index contributed by atoms with van der Waals surface area (Å²) in [5.41, 5.74) is 0. The molecule has 5 heteroatoms. The molecule has 168 valence electrons. The van der Waals surface area contributed by atoms with Gasteiger partial charge in [0.25, 0.3) is 0 Å². The molecule has 1 saturated heterocycles. The lowest BCUT2D eigenvalue weighted by molar-refractivity contribution is -0.169. The molecule has 1 aliphatic heterocycles. The van der Waals surface area contributed by atoms with Gasteiger partial charge in [0.1, 0.15) is 18.3 Å². The molecule has 0 saturated carbocycles. The van der Waals surface area contributed by atoms with E-state index in [1.165, 1.54) is 89.9 Å². The summed E-state index contributed by atoms with van der Waals surface area (Å²) in [6.07, 6.45) is 17.6. The van der Waals surface area contributed by atoms with E-state index in [4.69, 9.17) is 14.6 Å². The fourth-order valence-corrected chi connectivity index (χ4v) is 3.85. The lowest BCUT2D eigenvalue weighted by Gasteiger charge is -2.15. The molecule has 0 spiro atoms. The van der Waals surface area contributed by atoms with E-state index in [0.29, 0.717) is 6.61 Å². The van der Waals surface area contributed by atoms with Gasteiger partial charge in [-0.3, -0.25) is 0 Å². The highest BCUT2D eigenvalue weighted by molar-refractivity contribution is 4.86. The average molecular weight is 403 g/mol. The Balaban J connectivity index is 1.77. The maximum atomic E-state index is 9.78. The summed E-state index contributed by atoms with van der Waals surface area (Å²) in [5, 5.41) is 28.5. The van der Waals surface area contributed by atoms with Gasteiger partial charge in [-0.1, -0.05) is 103 Å². The molecule has 0 bridgehead atoms. The highest BCUT2D eigenvalue weighted by Gasteiger charge is 2.42. The van der Waals surface area contributed by atoms with Crippen LogP contribution in [0.2, 0.25) is 0 Å². The Morgan fingerprint density at radius 3 is 1.46 bits per heavy atom. The van der Waals surface area contributed by atoms with Gasteiger partial charge in [-0.15, -0.1) is 0 Å². The fraction of sp³-hybridized carbons (Fsp3) is 1.00. The number of aliphatic hydroxyl groups excluding tert-OH is 3. The van der Waals surface area contributed by atoms with Crippen molar-refractivity contribution in [1.29, 1.82) is 0 Å². The second kappa shape index (κ2) is 17.6. The van der Waals surface area contributed by atoms with Crippen LogP contribution in [0.5, 0.6) is 0 Å². The molecule has 0 aromatic carbocycles. The Bertz CT molecular complexity index is 339. The smallest absolute Gasteiger partial charge is 0.186 e. The van der Waals surface area contributed by atoms with Crippen LogP contribution in [-0.2, 0) is 9.47 Å². The third-order valence-electron chi connectivity index (χ3n) is 5.78. The molecule has 4 atom stereocenters. The topological polar surface area (TPSA) is 79.2 Å². The Kier molecular flexibility index (Phi) is 16.3. The Morgan fingerprint density at radius 1 is 0.643 bits per heavy atom. The van der Waals surface area contributed by atoms with Crippen molar-refractivity contribution >= 4 is 0 Å². The van der Waals surface area contributed by atoms with Crippen LogP contribution >= 0.6 is 0 Å². The Hall–Kier alpha value is -0.200. The average Bonchev–Trinajstić information content (AvgIpc) is 2.98. The van der Waals surface area contributed by atoms with Gasteiger partial charge >= 0.3 is 0 Å². The van der Waals surface area contributed by atoms with E-state index in [9.17, 15) is 10.2 Å². The summed E-state index contributed by atoms with van der Waals surface area (Å²) in [6, 6.07) is 0. The molecule has 0 aromatic rings. The van der Waals surface area contributed by atoms with Crippen LogP contribution in [0.15, 0.2) is 0 Å². The van der Waals surface area contributed by atoms with Crippen molar-refractivity contribution in [3.8, 4) is 0 Å². The van der Waals surface area contributed by atoms with Gasteiger partial charge in [0.2, 0.25) is 0 Å². The van der Waals surface area contributed by atoms with Crippen molar-refractivity contribution in [1.82, 2.24) is 0 Å². The first kappa shape index (κ1) is 25.8. The van der Waals surface area contributed by atoms with Crippen LogP contribution in [0.4, 0.5) is 0 Å². The van der Waals surface area contributed by atoms with Crippen molar-refractivity contribution in [2.45, 2.75) is 134 Å². The van der Waals surface area contributed by atoms with E-state index < -0.39 is 24.6 Å². The first-order chi connectivity index (χ1) is 13.7. The second-order valence-corrected chi connectivity index (χ2v) is 8.38. The van der Waals surface area contributed by atoms with Gasteiger partial charge in [-0.25, -0.2) is 0 Å². The van der Waals surface area contributed by atoms with E-state index in [-0.39, 0.29) is 6.61 Å². The minimum atomic E-state index is -1.07. The highest BCUT2D eigenvalue weighted by Crippen LogP contribution is 2.22. The molecule has 1 unspecified atom stereocenters. The van der Waals surface area contributed by atoms with Gasteiger partial charge in [-0.05, 0) is 6.42 Å². The van der Waals surface area contributed by atoms with Crippen LogP contribution in [0.1, 0.15) is 110 Å². The lowest BCUT2D eigenvalue weighted by Crippen LogP contribution is -2.34. The normalized spacial score (nSPS) is 24.9. The zero-order valence-electron chi connectivity index (χ0n) is 18.2. The molecular formula is C23H46O5. The Morgan fingerprint density at radius 2 is 1.07 bits per heavy atom. The third kappa shape index (κ3) is 11.7. The van der Waals surface area contributed by atoms with Crippen molar-refractivity contribution in [3.05, 3.63) is 0 Å². The zero-order valence-corrected chi connectivity index (χ0v) is 18.2. The SMILES string of the molecule is CCCCCCCCCCCCCCCCCCOC1O[C@H](CO)[C@@H](O)[C@H]1O. The number of ether oxygens (including phenoxy) is 2. The standard InChI is InChI=1S/C23H46O5/c1-2-3-4-5-6-7-8-9-10-11-12-13-14-15-16-17-18-27-23-22(26)21(25)20(19-24)28-23/h20-26H,2-19H2,1H3/t20-,21-,22-,23?/m1/s1. The van der Waals surface area contributed by atoms with Gasteiger partial charge in [0, 0.05) is 6.61 Å². The van der Waals surface area contributed by atoms with Gasteiger partial charge in [0.15, 0.2) is 6.29 Å². The number of aliphatic hydroxyl groups is 3. The molecule has 3 N–H and O–H groups in total. The van der Waals surface area contributed by atoms with E-state index in [2.05, 4.69) is 6.92 Å². The highest BCUT2D eigenvalue weighted by atomic mass is 16.7. The van der Waals surface area contributed by atoms with Crippen LogP contribution in [-0.4, -0.2) is 53.1 Å². The molecule has 0 aliphatic carbocycles. The van der Waals surface area contributed by atoms with Crippen LogP contribution in [0.25, 0.3) is 0 Å². The van der Waals surface area contributed by atoms with Crippen LogP contribution < -0.4 is 0 Å². The molecule has 28 heavy (non-hydrogen) atoms. The summed E-state index contributed by atoms with van der Waals surface area (Å²) in [5.74, 6) is 0. The monoisotopic (exact) mass is 402 g/mol. The second-order valence-electron chi connectivity index (χ2n) is 8.38.